The van der Waals surface area contributed by atoms with E-state index in [0.717, 1.165) is 0 Å². The first kappa shape index (κ1) is 50.1. The van der Waals surface area contributed by atoms with Crippen molar-refractivity contribution >= 4 is 162 Å². The fourth-order valence-electron chi connectivity index (χ4n) is 16.0. The molecular weight excluding hydrogens is 1100 g/mol. The van der Waals surface area contributed by atoms with Crippen LogP contribution in [0.2, 0.25) is 0 Å². The number of hydrogen-bond donors (Lipinski definition) is 0. The van der Waals surface area contributed by atoms with Crippen molar-refractivity contribution in [2.24, 2.45) is 0 Å². The van der Waals surface area contributed by atoms with Gasteiger partial charge in [0.25, 0.3) is 0 Å². The second kappa shape index (κ2) is 18.2. The Bertz CT molecular complexity index is 5520. The minimum Gasteiger partial charge on any atom is -0.309 e. The highest BCUT2D eigenvalue weighted by Crippen LogP contribution is 2.62. The van der Waals surface area contributed by atoms with Gasteiger partial charge in [0, 0.05) is 83.5 Å². The number of rotatable bonds is 4. The molecule has 0 aliphatic carbocycles. The number of fused-ring (bicyclic) bond motifs is 22. The summed E-state index contributed by atoms with van der Waals surface area (Å²) >= 11 is 3.88. The van der Waals surface area contributed by atoms with Crippen molar-refractivity contribution in [3.05, 3.63) is 289 Å². The molecule has 0 spiro atoms. The molecular formula is C84H56N2S2. The van der Waals surface area contributed by atoms with Crippen LogP contribution in [0.5, 0.6) is 0 Å². The molecule has 0 bridgehead atoms. The van der Waals surface area contributed by atoms with E-state index in [9.17, 15) is 0 Å². The lowest BCUT2D eigenvalue weighted by molar-refractivity contribution is 0.633. The summed E-state index contributed by atoms with van der Waals surface area (Å²) in [6.45, 7) is 9.78. The first-order chi connectivity index (χ1) is 43.2. The number of para-hydroxylation sites is 2. The van der Waals surface area contributed by atoms with Crippen LogP contribution in [0, 0.1) is 0 Å². The third-order valence-corrected chi connectivity index (χ3v) is 22.5. The summed E-state index contributed by atoms with van der Waals surface area (Å²) in [6.07, 6.45) is 0. The van der Waals surface area contributed by atoms with Crippen LogP contribution < -0.4 is 9.80 Å². The Kier molecular flexibility index (Phi) is 10.4. The molecule has 2 aromatic heterocycles. The fraction of sp³-hybridized carbons (Fsp3) is 0.0714. The predicted octanol–water partition coefficient (Wildman–Crippen LogP) is 24.9. The van der Waals surface area contributed by atoms with Gasteiger partial charge in [-0.3, -0.25) is 0 Å². The topological polar surface area (TPSA) is 6.48 Å². The highest BCUT2D eigenvalue weighted by atomic mass is 32.1. The maximum atomic E-state index is 2.68. The van der Waals surface area contributed by atoms with Crippen LogP contribution >= 0.6 is 22.7 Å². The van der Waals surface area contributed by atoms with Crippen LogP contribution in [0.4, 0.5) is 34.1 Å². The zero-order chi connectivity index (χ0) is 58.3. The van der Waals surface area contributed by atoms with E-state index in [2.05, 4.69) is 304 Å². The Morgan fingerprint density at radius 3 is 0.989 bits per heavy atom. The lowest BCUT2D eigenvalue weighted by atomic mass is 9.72. The number of hydrogen-bond acceptors (Lipinski definition) is 4. The maximum absolute atomic E-state index is 2.68. The van der Waals surface area contributed by atoms with Crippen molar-refractivity contribution in [1.29, 1.82) is 0 Å². The van der Waals surface area contributed by atoms with E-state index in [-0.39, 0.29) is 10.8 Å². The van der Waals surface area contributed by atoms with Gasteiger partial charge in [-0.2, -0.15) is 0 Å². The molecule has 0 unspecified atom stereocenters. The summed E-state index contributed by atoms with van der Waals surface area (Å²) in [4.78, 5) is 5.36. The van der Waals surface area contributed by atoms with E-state index >= 15 is 0 Å². The Hall–Kier alpha value is -10.1. The Balaban J connectivity index is 0.966. The second-order valence-electron chi connectivity index (χ2n) is 25.4. The first-order valence-corrected chi connectivity index (χ1v) is 32.4. The Morgan fingerprint density at radius 2 is 0.580 bits per heavy atom. The number of anilines is 6. The lowest BCUT2D eigenvalue weighted by Gasteiger charge is -2.44. The first-order valence-electron chi connectivity index (χ1n) is 30.7. The highest BCUT2D eigenvalue weighted by Gasteiger charge is 2.42. The van der Waals surface area contributed by atoms with Crippen LogP contribution in [0.25, 0.3) is 127 Å². The Morgan fingerprint density at radius 1 is 0.239 bits per heavy atom. The van der Waals surface area contributed by atoms with Crippen LogP contribution in [0.1, 0.15) is 49.9 Å². The normalized spacial score (nSPS) is 14.3. The average molecular weight is 1160 g/mol. The molecule has 0 saturated carbocycles. The third kappa shape index (κ3) is 6.82. The zero-order valence-electron chi connectivity index (χ0n) is 49.1. The summed E-state index contributed by atoms with van der Waals surface area (Å²) in [5.74, 6) is 0. The molecule has 4 heteroatoms. The minimum atomic E-state index is -0.344. The lowest BCUT2D eigenvalue weighted by Crippen LogP contribution is -2.31. The van der Waals surface area contributed by atoms with Gasteiger partial charge in [-0.25, -0.2) is 0 Å². The van der Waals surface area contributed by atoms with Crippen molar-refractivity contribution < 1.29 is 0 Å². The van der Waals surface area contributed by atoms with Gasteiger partial charge in [-0.1, -0.05) is 246 Å². The van der Waals surface area contributed by atoms with E-state index in [1.165, 1.54) is 184 Å². The fourth-order valence-corrected chi connectivity index (χ4v) is 18.5. The molecule has 88 heavy (non-hydrogen) atoms. The molecule has 2 aliphatic heterocycles. The minimum absolute atomic E-state index is 0.344. The molecule has 414 valence electrons. The van der Waals surface area contributed by atoms with Crippen LogP contribution in [0.3, 0.4) is 0 Å². The van der Waals surface area contributed by atoms with Gasteiger partial charge < -0.3 is 9.80 Å². The van der Waals surface area contributed by atoms with Gasteiger partial charge >= 0.3 is 0 Å². The molecule has 0 amide bonds. The van der Waals surface area contributed by atoms with E-state index in [4.69, 9.17) is 0 Å². The summed E-state index contributed by atoms with van der Waals surface area (Å²) in [6, 6.07) is 102. The van der Waals surface area contributed by atoms with Crippen molar-refractivity contribution in [3.63, 3.8) is 0 Å². The summed E-state index contributed by atoms with van der Waals surface area (Å²) in [5.41, 5.74) is 16.5. The molecule has 2 nitrogen and oxygen atoms in total. The number of nitrogens with zero attached hydrogens (tertiary/aromatic N) is 2. The van der Waals surface area contributed by atoms with Gasteiger partial charge in [-0.05, 0) is 125 Å². The smallest absolute Gasteiger partial charge is 0.0620 e. The van der Waals surface area contributed by atoms with Gasteiger partial charge in [-0.15, -0.1) is 22.7 Å². The van der Waals surface area contributed by atoms with E-state index in [1.54, 1.807) is 0 Å². The third-order valence-electron chi connectivity index (χ3n) is 20.1. The molecule has 2 aliphatic rings. The van der Waals surface area contributed by atoms with E-state index in [1.807, 2.05) is 22.7 Å². The SMILES string of the molecule is CC1(C)c2ccccc2N(c2c3ccc(-c4ccccc4)cc3c(N3c4ccccc4C(C)(C)c4cc5c(cc43)sc3c4ccccc4c4ccccc4c53)c3ccc(-c4ccccc4)cc23)c2cc3sc4c5ccccc5c5ccccc5c4c3cc21. The molecule has 4 heterocycles. The zero-order valence-corrected chi connectivity index (χ0v) is 50.7. The van der Waals surface area contributed by atoms with Crippen molar-refractivity contribution in [2.75, 3.05) is 9.80 Å². The molecule has 17 aromatic rings. The average Bonchev–Trinajstić information content (AvgIpc) is 1.61. The van der Waals surface area contributed by atoms with Crippen molar-refractivity contribution in [2.45, 2.75) is 38.5 Å². The highest BCUT2D eigenvalue weighted by molar-refractivity contribution is 7.27. The Labute approximate surface area is 518 Å². The molecule has 0 radical (unpaired) electrons. The van der Waals surface area contributed by atoms with Gasteiger partial charge in [0.1, 0.15) is 0 Å². The van der Waals surface area contributed by atoms with Crippen LogP contribution in [-0.2, 0) is 10.8 Å². The van der Waals surface area contributed by atoms with Gasteiger partial charge in [0.05, 0.1) is 34.1 Å². The monoisotopic (exact) mass is 1160 g/mol. The van der Waals surface area contributed by atoms with Crippen molar-refractivity contribution in [1.82, 2.24) is 0 Å². The standard InChI is InChI=1S/C84H56N2S2/c1-83(2)67-35-19-21-37-71(67)85(73-47-75-65(45-69(73)83)77-57-31-15-11-27-53(57)55-29-13-17-33-61(55)81(77)87-75)79-59-41-39-52(50-25-9-6-10-26-50)44-64(59)80(60-42-40-51(43-63(60)79)49-23-7-5-8-24-49)86-72-38-22-20-36-68(72)84(3,4)70-46-66-76(48-74(70)86)88-82-62-34-18-14-30-56(62)54-28-12-16-32-58(54)78(66)82/h5-48H,1-4H3. The largest absolute Gasteiger partial charge is 0.309 e. The number of thiophene rings is 2. The molecule has 0 atom stereocenters. The molecule has 0 fully saturated rings. The molecule has 0 saturated heterocycles. The van der Waals surface area contributed by atoms with Crippen molar-refractivity contribution in [3.8, 4) is 22.3 Å². The predicted molar refractivity (Wildman–Crippen MR) is 382 cm³/mol. The molecule has 15 aromatic carbocycles. The summed E-state index contributed by atoms with van der Waals surface area (Å²) < 4.78 is 5.26. The van der Waals surface area contributed by atoms with Gasteiger partial charge in [0.15, 0.2) is 0 Å². The quantitative estimate of drug-likeness (QED) is 0.128. The molecule has 0 N–H and O–H groups in total. The second-order valence-corrected chi connectivity index (χ2v) is 27.5. The molecule has 19 rings (SSSR count). The number of benzene rings is 15. The van der Waals surface area contributed by atoms with Crippen LogP contribution in [-0.4, -0.2) is 0 Å². The van der Waals surface area contributed by atoms with Crippen LogP contribution in [0.15, 0.2) is 267 Å². The van der Waals surface area contributed by atoms with E-state index in [0.29, 0.717) is 0 Å². The maximum Gasteiger partial charge on any atom is 0.0620 e. The van der Waals surface area contributed by atoms with Gasteiger partial charge in [0.2, 0.25) is 0 Å². The summed E-state index contributed by atoms with van der Waals surface area (Å²) in [7, 11) is 0. The summed E-state index contributed by atoms with van der Waals surface area (Å²) in [5, 5.41) is 20.5. The van der Waals surface area contributed by atoms with E-state index < -0.39 is 0 Å².